The Hall–Kier alpha value is -6.56. The van der Waals surface area contributed by atoms with Gasteiger partial charge in [-0.25, -0.2) is 19.2 Å². The zero-order valence-corrected chi connectivity index (χ0v) is 41.5. The summed E-state index contributed by atoms with van der Waals surface area (Å²) in [6.07, 6.45) is 8.35. The van der Waals surface area contributed by atoms with Crippen LogP contribution in [-0.2, 0) is 53.3 Å². The van der Waals surface area contributed by atoms with Gasteiger partial charge in [0.1, 0.15) is 17.0 Å². The van der Waals surface area contributed by atoms with E-state index in [-0.39, 0.29) is 34.7 Å². The smallest absolute Gasteiger partial charge is 0.347 e. The summed E-state index contributed by atoms with van der Waals surface area (Å²) < 4.78 is 19.8. The van der Waals surface area contributed by atoms with Gasteiger partial charge in [0, 0.05) is 28.7 Å². The number of amides is 2. The number of esters is 4. The first-order valence-electron chi connectivity index (χ1n) is 22.9. The van der Waals surface area contributed by atoms with E-state index in [0.29, 0.717) is 35.5 Å². The molecule has 0 radical (unpaired) electrons. The lowest BCUT2D eigenvalue weighted by atomic mass is 9.49. The van der Waals surface area contributed by atoms with Gasteiger partial charge in [-0.2, -0.15) is 0 Å². The summed E-state index contributed by atoms with van der Waals surface area (Å²) in [5.74, 6) is 0.422. The van der Waals surface area contributed by atoms with Gasteiger partial charge in [0.25, 0.3) is 5.91 Å². The lowest BCUT2D eigenvalue weighted by Gasteiger charge is -2.55. The number of hydrogen-bond acceptors (Lipinski definition) is 11. The van der Waals surface area contributed by atoms with Crippen molar-refractivity contribution < 1.29 is 52.8 Å². The molecule has 0 aromatic heterocycles. The number of benzene rings is 3. The van der Waals surface area contributed by atoms with E-state index in [4.69, 9.17) is 19.3 Å². The largest absolute Gasteiger partial charge is 0.508 e. The van der Waals surface area contributed by atoms with Gasteiger partial charge >= 0.3 is 23.9 Å². The Morgan fingerprint density at radius 3 is 1.63 bits per heavy atom. The fraction of sp³-hybridized carbons (Fsp3) is 0.429. The van der Waals surface area contributed by atoms with Crippen molar-refractivity contribution in [3.8, 4) is 5.75 Å². The van der Waals surface area contributed by atoms with E-state index in [9.17, 15) is 28.8 Å². The third kappa shape index (κ3) is 17.3. The minimum Gasteiger partial charge on any atom is -0.508 e. The second-order valence-electron chi connectivity index (χ2n) is 19.7. The number of nitrogens with one attached hydrogen (secondary N) is 1. The zero-order valence-electron chi connectivity index (χ0n) is 41.5. The Balaban J connectivity index is 0.000000233. The molecule has 8 rings (SSSR count). The van der Waals surface area contributed by atoms with Crippen molar-refractivity contribution in [1.82, 2.24) is 5.32 Å². The predicted molar refractivity (Wildman–Crippen MR) is 266 cm³/mol. The summed E-state index contributed by atoms with van der Waals surface area (Å²) in [6.45, 7) is 33.7. The number of rotatable bonds is 9. The highest BCUT2D eigenvalue weighted by Gasteiger charge is 2.54. The number of imide groups is 1. The van der Waals surface area contributed by atoms with Gasteiger partial charge in [-0.1, -0.05) is 87.5 Å². The minimum atomic E-state index is -0.728. The van der Waals surface area contributed by atoms with Crippen molar-refractivity contribution in [2.24, 2.45) is 23.2 Å². The average Bonchev–Trinajstić information content (AvgIpc) is 3.66. The molecule has 1 aliphatic heterocycles. The van der Waals surface area contributed by atoms with Crippen molar-refractivity contribution in [2.75, 3.05) is 6.61 Å². The zero-order chi connectivity index (χ0) is 51.1. The average molecular weight is 934 g/mol. The van der Waals surface area contributed by atoms with Crippen molar-refractivity contribution in [1.29, 1.82) is 0 Å². The molecule has 4 bridgehead atoms. The first-order chi connectivity index (χ1) is 31.6. The van der Waals surface area contributed by atoms with Crippen molar-refractivity contribution in [2.45, 2.75) is 125 Å². The molecule has 12 nitrogen and oxygen atoms in total. The number of phenolic OH excluding ortho intramolecular Hbond substituents is 1. The van der Waals surface area contributed by atoms with Gasteiger partial charge in [-0.15, -0.1) is 0 Å². The molecule has 1 heterocycles. The second-order valence-corrected chi connectivity index (χ2v) is 19.7. The summed E-state index contributed by atoms with van der Waals surface area (Å²) in [5, 5.41) is 13.7. The molecule has 5 aliphatic rings. The third-order valence-corrected chi connectivity index (χ3v) is 11.6. The summed E-state index contributed by atoms with van der Waals surface area (Å²) in [5.41, 5.74) is 2.23. The highest BCUT2D eigenvalue weighted by atomic mass is 16.6. The van der Waals surface area contributed by atoms with E-state index in [1.807, 2.05) is 71.0 Å². The molecule has 4 aliphatic carbocycles. The van der Waals surface area contributed by atoms with Crippen LogP contribution < -0.4 is 5.32 Å². The van der Waals surface area contributed by atoms with Gasteiger partial charge in [0.15, 0.2) is 0 Å². The van der Waals surface area contributed by atoms with Crippen LogP contribution in [-0.4, -0.2) is 59.1 Å². The highest BCUT2D eigenvalue weighted by Crippen LogP contribution is 2.60. The fourth-order valence-electron chi connectivity index (χ4n) is 8.46. The van der Waals surface area contributed by atoms with Crippen LogP contribution in [0.3, 0.4) is 0 Å². The SMILES string of the molecule is C=C(C)C(=O)NC(=O)C12CC3CC(CC(C3)C1)C2.C=C(C)C(=O)OC(C)(C)C.C=C(C)C(=O)OC(C)(C)c1ccc2ccccc2c1.C=C(C)C(=O)OC1CCOC1=O.C=Cc1ccc(O)cc1. The van der Waals surface area contributed by atoms with Gasteiger partial charge in [0.2, 0.25) is 12.0 Å². The van der Waals surface area contributed by atoms with Crippen LogP contribution in [0.15, 0.2) is 122 Å². The number of ether oxygens (including phenoxy) is 4. The standard InChI is InChI=1S/C17H18O2.C15H21NO2.C8H10O4.C8H14O2.C8H8O/c1-12(2)16(18)19-17(3,4)15-10-9-13-7-5-6-8-14(13)11-15;1-9(2)13(17)16-14(18)15-6-10-3-11(7-15)5-12(4-10)8-15;1-5(2)7(9)12-6-3-4-11-8(6)10;1-6(2)7(9)10-8(3,4)5;1-2-7-3-5-8(9)6-4-7/h5-11H,1H2,2-4H3;10-12H,1,3-8H2,2H3,(H,16,17,18);6H,1,3-4H2,2H3;1H2,2-5H3;2-6,9H,1H2. The summed E-state index contributed by atoms with van der Waals surface area (Å²) in [6, 6.07) is 21.1. The molecule has 4 saturated carbocycles. The topological polar surface area (TPSA) is 172 Å². The molecular formula is C56H71NO11. The predicted octanol–water partition coefficient (Wildman–Crippen LogP) is 11.0. The minimum absolute atomic E-state index is 0.0328. The van der Waals surface area contributed by atoms with Gasteiger partial charge in [-0.05, 0) is 159 Å². The van der Waals surface area contributed by atoms with Crippen LogP contribution in [0.2, 0.25) is 0 Å². The first-order valence-corrected chi connectivity index (χ1v) is 22.9. The Morgan fingerprint density at radius 1 is 0.706 bits per heavy atom. The molecule has 1 unspecified atom stereocenters. The lowest BCUT2D eigenvalue weighted by Crippen LogP contribution is -2.54. The maximum absolute atomic E-state index is 12.4. The molecule has 3 aromatic rings. The summed E-state index contributed by atoms with van der Waals surface area (Å²) in [7, 11) is 0. The summed E-state index contributed by atoms with van der Waals surface area (Å²) in [4.78, 5) is 68.3. The second kappa shape index (κ2) is 24.5. The van der Waals surface area contributed by atoms with Crippen molar-refractivity contribution in [3.63, 3.8) is 0 Å². The molecule has 12 heteroatoms. The monoisotopic (exact) mass is 934 g/mol. The van der Waals surface area contributed by atoms with E-state index >= 15 is 0 Å². The number of carbonyl (C=O) groups excluding carboxylic acids is 6. The Labute approximate surface area is 402 Å². The van der Waals surface area contributed by atoms with E-state index in [2.05, 4.69) is 61.1 Å². The highest BCUT2D eigenvalue weighted by molar-refractivity contribution is 6.05. The van der Waals surface area contributed by atoms with Crippen LogP contribution in [0, 0.1) is 23.2 Å². The maximum Gasteiger partial charge on any atom is 0.347 e. The van der Waals surface area contributed by atoms with E-state index in [0.717, 1.165) is 53.5 Å². The van der Waals surface area contributed by atoms with E-state index < -0.39 is 29.2 Å². The molecule has 2 amide bonds. The van der Waals surface area contributed by atoms with E-state index in [1.165, 1.54) is 31.6 Å². The number of fused-ring (bicyclic) bond motifs is 1. The molecule has 3 aromatic carbocycles. The quantitative estimate of drug-likeness (QED) is 0.119. The fourth-order valence-corrected chi connectivity index (χ4v) is 8.46. The van der Waals surface area contributed by atoms with Gasteiger partial charge in [-0.3, -0.25) is 14.9 Å². The molecule has 5 fully saturated rings. The molecular weight excluding hydrogens is 863 g/mol. The third-order valence-electron chi connectivity index (χ3n) is 11.6. The molecule has 2 N–H and O–H groups in total. The van der Waals surface area contributed by atoms with Crippen LogP contribution in [0.4, 0.5) is 0 Å². The molecule has 366 valence electrons. The van der Waals surface area contributed by atoms with Crippen LogP contribution in [0.1, 0.15) is 118 Å². The Bertz CT molecular complexity index is 2340. The number of phenols is 1. The van der Waals surface area contributed by atoms with Crippen molar-refractivity contribution in [3.05, 3.63) is 133 Å². The van der Waals surface area contributed by atoms with Crippen molar-refractivity contribution >= 4 is 52.5 Å². The van der Waals surface area contributed by atoms with Crippen LogP contribution in [0.5, 0.6) is 5.75 Å². The maximum atomic E-state index is 12.4. The van der Waals surface area contributed by atoms with Gasteiger partial charge < -0.3 is 24.1 Å². The van der Waals surface area contributed by atoms with Gasteiger partial charge in [0.05, 0.1) is 12.0 Å². The molecule has 1 atom stereocenters. The number of carbonyl (C=O) groups is 6. The summed E-state index contributed by atoms with van der Waals surface area (Å²) >= 11 is 0. The number of cyclic esters (lactones) is 1. The molecule has 68 heavy (non-hydrogen) atoms. The normalized spacial score (nSPS) is 20.5. The lowest BCUT2D eigenvalue weighted by molar-refractivity contribution is -0.157. The number of aromatic hydroxyl groups is 1. The van der Waals surface area contributed by atoms with Crippen LogP contribution in [0.25, 0.3) is 16.8 Å². The first kappa shape index (κ1) is 55.8. The Kier molecular flexibility index (Phi) is 20.1. The Morgan fingerprint density at radius 2 is 1.21 bits per heavy atom. The molecule has 1 saturated heterocycles. The molecule has 0 spiro atoms. The van der Waals surface area contributed by atoms with E-state index in [1.54, 1.807) is 39.0 Å². The van der Waals surface area contributed by atoms with Crippen LogP contribution >= 0.6 is 0 Å². The number of hydrogen-bond donors (Lipinski definition) is 2.